The summed E-state index contributed by atoms with van der Waals surface area (Å²) >= 11 is 0. The largest absolute Gasteiger partial charge is 0.338 e. The van der Waals surface area contributed by atoms with Crippen molar-refractivity contribution in [2.45, 2.75) is 47.1 Å². The first-order chi connectivity index (χ1) is 9.84. The standard InChI is InChI=1S/C17H29N3O/c1-14(17(2,3)4)11-16(21)20(10-6-8-18)13-15-7-5-9-19-12-15/h5,7,9,12,14H,6,8,10-11,13,18H2,1-4H3. The van der Waals surface area contributed by atoms with E-state index in [-0.39, 0.29) is 11.3 Å². The lowest BCUT2D eigenvalue weighted by Crippen LogP contribution is -2.35. The number of hydrogen-bond acceptors (Lipinski definition) is 3. The fourth-order valence-electron chi connectivity index (χ4n) is 1.98. The molecule has 118 valence electrons. The van der Waals surface area contributed by atoms with Gasteiger partial charge in [0.25, 0.3) is 0 Å². The molecule has 0 aliphatic rings. The lowest BCUT2D eigenvalue weighted by molar-refractivity contribution is -0.133. The quantitative estimate of drug-likeness (QED) is 0.840. The summed E-state index contributed by atoms with van der Waals surface area (Å²) in [5, 5.41) is 0. The third-order valence-electron chi connectivity index (χ3n) is 4.04. The van der Waals surface area contributed by atoms with Gasteiger partial charge < -0.3 is 10.6 Å². The van der Waals surface area contributed by atoms with Gasteiger partial charge >= 0.3 is 0 Å². The number of hydrogen-bond donors (Lipinski definition) is 1. The fraction of sp³-hybridized carbons (Fsp3) is 0.647. The van der Waals surface area contributed by atoms with Crippen LogP contribution in [0.3, 0.4) is 0 Å². The third-order valence-corrected chi connectivity index (χ3v) is 4.04. The summed E-state index contributed by atoms with van der Waals surface area (Å²) in [5.41, 5.74) is 6.79. The number of nitrogens with two attached hydrogens (primary N) is 1. The van der Waals surface area contributed by atoms with E-state index in [9.17, 15) is 4.79 Å². The first-order valence-electron chi connectivity index (χ1n) is 7.71. The number of carbonyl (C=O) groups is 1. The Kier molecular flexibility index (Phi) is 6.82. The van der Waals surface area contributed by atoms with Crippen molar-refractivity contribution in [3.8, 4) is 0 Å². The predicted molar refractivity (Wildman–Crippen MR) is 86.6 cm³/mol. The summed E-state index contributed by atoms with van der Waals surface area (Å²) in [6.45, 7) is 10.6. The van der Waals surface area contributed by atoms with Gasteiger partial charge in [0, 0.05) is 31.9 Å². The zero-order chi connectivity index (χ0) is 15.9. The molecule has 2 N–H and O–H groups in total. The van der Waals surface area contributed by atoms with E-state index in [2.05, 4.69) is 32.7 Å². The van der Waals surface area contributed by atoms with Crippen LogP contribution in [0.25, 0.3) is 0 Å². The molecule has 1 atom stereocenters. The third kappa shape index (κ3) is 6.25. The van der Waals surface area contributed by atoms with Crippen LogP contribution in [0.2, 0.25) is 0 Å². The number of carbonyl (C=O) groups excluding carboxylic acids is 1. The Bertz CT molecular complexity index is 425. The summed E-state index contributed by atoms with van der Waals surface area (Å²) in [5.74, 6) is 0.550. The Labute approximate surface area is 128 Å². The topological polar surface area (TPSA) is 59.2 Å². The maximum atomic E-state index is 12.6. The van der Waals surface area contributed by atoms with Crippen LogP contribution in [0, 0.1) is 11.3 Å². The average Bonchev–Trinajstić information content (AvgIpc) is 2.43. The number of rotatable bonds is 7. The molecule has 1 amide bonds. The molecular formula is C17H29N3O. The average molecular weight is 291 g/mol. The summed E-state index contributed by atoms with van der Waals surface area (Å²) in [7, 11) is 0. The maximum absolute atomic E-state index is 12.6. The highest BCUT2D eigenvalue weighted by Gasteiger charge is 2.25. The predicted octanol–water partition coefficient (Wildman–Crippen LogP) is 2.83. The fourth-order valence-corrected chi connectivity index (χ4v) is 1.98. The van der Waals surface area contributed by atoms with Crippen molar-refractivity contribution in [2.24, 2.45) is 17.1 Å². The van der Waals surface area contributed by atoms with Crippen LogP contribution in [0.15, 0.2) is 24.5 Å². The SMILES string of the molecule is CC(CC(=O)N(CCCN)Cc1cccnc1)C(C)(C)C. The molecule has 0 bridgehead atoms. The lowest BCUT2D eigenvalue weighted by Gasteiger charge is -2.30. The van der Waals surface area contributed by atoms with Gasteiger partial charge in [-0.1, -0.05) is 33.8 Å². The summed E-state index contributed by atoms with van der Waals surface area (Å²) < 4.78 is 0. The zero-order valence-corrected chi connectivity index (χ0v) is 13.8. The molecule has 0 saturated carbocycles. The van der Waals surface area contributed by atoms with Crippen LogP contribution < -0.4 is 5.73 Å². The molecule has 0 aliphatic carbocycles. The molecule has 0 aliphatic heterocycles. The molecule has 0 aromatic carbocycles. The highest BCUT2D eigenvalue weighted by molar-refractivity contribution is 5.76. The molecular weight excluding hydrogens is 262 g/mol. The molecule has 1 unspecified atom stereocenters. The molecule has 0 saturated heterocycles. The van der Waals surface area contributed by atoms with Gasteiger partial charge in [0.05, 0.1) is 0 Å². The van der Waals surface area contributed by atoms with E-state index in [4.69, 9.17) is 5.73 Å². The minimum absolute atomic E-state index is 0.142. The molecule has 4 nitrogen and oxygen atoms in total. The molecule has 1 rings (SSSR count). The van der Waals surface area contributed by atoms with Crippen molar-refractivity contribution in [3.63, 3.8) is 0 Å². The molecule has 4 heteroatoms. The van der Waals surface area contributed by atoms with Gasteiger partial charge in [-0.15, -0.1) is 0 Å². The van der Waals surface area contributed by atoms with Crippen molar-refractivity contribution in [1.82, 2.24) is 9.88 Å². The highest BCUT2D eigenvalue weighted by atomic mass is 16.2. The molecule has 0 radical (unpaired) electrons. The second-order valence-electron chi connectivity index (χ2n) is 6.79. The molecule has 1 heterocycles. The van der Waals surface area contributed by atoms with Crippen molar-refractivity contribution < 1.29 is 4.79 Å². The van der Waals surface area contributed by atoms with Crippen LogP contribution in [-0.4, -0.2) is 28.9 Å². The molecule has 0 spiro atoms. The van der Waals surface area contributed by atoms with Crippen LogP contribution in [0.4, 0.5) is 0 Å². The van der Waals surface area contributed by atoms with Crippen molar-refractivity contribution >= 4 is 5.91 Å². The Balaban J connectivity index is 2.70. The van der Waals surface area contributed by atoms with Crippen LogP contribution in [0.1, 0.15) is 46.1 Å². The second-order valence-corrected chi connectivity index (χ2v) is 6.79. The Morgan fingerprint density at radius 1 is 1.43 bits per heavy atom. The van der Waals surface area contributed by atoms with E-state index in [1.165, 1.54) is 0 Å². The van der Waals surface area contributed by atoms with Crippen LogP contribution >= 0.6 is 0 Å². The second kappa shape index (κ2) is 8.13. The summed E-state index contributed by atoms with van der Waals surface area (Å²) in [4.78, 5) is 18.6. The van der Waals surface area contributed by atoms with E-state index in [1.807, 2.05) is 23.2 Å². The Morgan fingerprint density at radius 2 is 2.14 bits per heavy atom. The van der Waals surface area contributed by atoms with Gasteiger partial charge in [0.15, 0.2) is 0 Å². The van der Waals surface area contributed by atoms with Gasteiger partial charge in [-0.2, -0.15) is 0 Å². The van der Waals surface area contributed by atoms with Crippen molar-refractivity contribution in [1.29, 1.82) is 0 Å². The van der Waals surface area contributed by atoms with Crippen molar-refractivity contribution in [3.05, 3.63) is 30.1 Å². The number of nitrogens with zero attached hydrogens (tertiary/aromatic N) is 2. The minimum atomic E-state index is 0.142. The first kappa shape index (κ1) is 17.6. The van der Waals surface area contributed by atoms with Crippen molar-refractivity contribution in [2.75, 3.05) is 13.1 Å². The van der Waals surface area contributed by atoms with E-state index in [0.29, 0.717) is 32.0 Å². The van der Waals surface area contributed by atoms with E-state index in [1.54, 1.807) is 6.20 Å². The number of amides is 1. The maximum Gasteiger partial charge on any atom is 0.223 e. The lowest BCUT2D eigenvalue weighted by atomic mass is 9.80. The van der Waals surface area contributed by atoms with Crippen LogP contribution in [-0.2, 0) is 11.3 Å². The number of pyridine rings is 1. The van der Waals surface area contributed by atoms with E-state index in [0.717, 1.165) is 12.0 Å². The number of aromatic nitrogens is 1. The Hall–Kier alpha value is -1.42. The molecule has 21 heavy (non-hydrogen) atoms. The van der Waals surface area contributed by atoms with Gasteiger partial charge in [-0.05, 0) is 35.9 Å². The van der Waals surface area contributed by atoms with Gasteiger partial charge in [-0.25, -0.2) is 0 Å². The Morgan fingerprint density at radius 3 is 2.67 bits per heavy atom. The van der Waals surface area contributed by atoms with Crippen LogP contribution in [0.5, 0.6) is 0 Å². The molecule has 1 aromatic heterocycles. The van der Waals surface area contributed by atoms with E-state index < -0.39 is 0 Å². The molecule has 1 aromatic rings. The summed E-state index contributed by atoms with van der Waals surface area (Å²) in [6, 6.07) is 3.90. The monoisotopic (exact) mass is 291 g/mol. The summed E-state index contributed by atoms with van der Waals surface area (Å²) in [6.07, 6.45) is 4.97. The van der Waals surface area contributed by atoms with Gasteiger partial charge in [0.1, 0.15) is 0 Å². The smallest absolute Gasteiger partial charge is 0.223 e. The van der Waals surface area contributed by atoms with E-state index >= 15 is 0 Å². The zero-order valence-electron chi connectivity index (χ0n) is 13.8. The molecule has 0 fully saturated rings. The highest BCUT2D eigenvalue weighted by Crippen LogP contribution is 2.28. The minimum Gasteiger partial charge on any atom is -0.338 e. The van der Waals surface area contributed by atoms with Gasteiger partial charge in [0.2, 0.25) is 5.91 Å². The van der Waals surface area contributed by atoms with Gasteiger partial charge in [-0.3, -0.25) is 9.78 Å². The first-order valence-corrected chi connectivity index (χ1v) is 7.71. The normalized spacial score (nSPS) is 13.0.